The predicted octanol–water partition coefficient (Wildman–Crippen LogP) is 4.20. The number of carbonyl (C=O) groups is 1. The van der Waals surface area contributed by atoms with Gasteiger partial charge in [-0.2, -0.15) is 14.8 Å². The van der Waals surface area contributed by atoms with E-state index in [4.69, 9.17) is 28.9 Å². The highest BCUT2D eigenvalue weighted by Gasteiger charge is 2.25. The molecule has 6 nitrogen and oxygen atoms in total. The molecule has 10 heteroatoms. The topological polar surface area (TPSA) is 104 Å². The maximum Gasteiger partial charge on any atom is 0.227 e. The number of nitrogens with one attached hydrogen (secondary N) is 1. The lowest BCUT2D eigenvalue weighted by Crippen LogP contribution is -2.18. The molecule has 0 radical (unpaired) electrons. The molecule has 0 aliphatic carbocycles. The number of pyridine rings is 1. The van der Waals surface area contributed by atoms with Crippen LogP contribution in [-0.4, -0.2) is 23.7 Å². The lowest BCUT2D eigenvalue weighted by atomic mass is 9.97. The van der Waals surface area contributed by atoms with Crippen molar-refractivity contribution >= 4 is 46.7 Å². The van der Waals surface area contributed by atoms with Crippen LogP contribution in [0.1, 0.15) is 10.4 Å². The maximum absolute atomic E-state index is 13.7. The molecule has 0 fully saturated rings. The number of benzene rings is 1. The van der Waals surface area contributed by atoms with Crippen LogP contribution in [0.15, 0.2) is 41.6 Å². The van der Waals surface area contributed by atoms with Crippen LogP contribution < -0.4 is 11.2 Å². The Balaban J connectivity index is 2.37. The molecule has 3 rings (SSSR count). The molecule has 146 valence electrons. The molecule has 0 aliphatic rings. The summed E-state index contributed by atoms with van der Waals surface area (Å²) in [5, 5.41) is 14.7. The van der Waals surface area contributed by atoms with Gasteiger partial charge in [0.1, 0.15) is 6.07 Å². The second-order valence-electron chi connectivity index (χ2n) is 5.62. The van der Waals surface area contributed by atoms with Crippen molar-refractivity contribution in [3.05, 3.63) is 63.0 Å². The number of hydrazone groups is 1. The summed E-state index contributed by atoms with van der Waals surface area (Å²) < 4.78 is 13.7. The van der Waals surface area contributed by atoms with Gasteiger partial charge in [0.15, 0.2) is 0 Å². The summed E-state index contributed by atoms with van der Waals surface area (Å²) in [6.07, 6.45) is 1.72. The molecule has 3 N–H and O–H groups in total. The third kappa shape index (κ3) is 4.28. The van der Waals surface area contributed by atoms with Crippen LogP contribution in [0, 0.1) is 17.3 Å². The van der Waals surface area contributed by atoms with Gasteiger partial charge in [0.05, 0.1) is 21.0 Å². The van der Waals surface area contributed by atoms with Crippen molar-refractivity contribution in [2.75, 3.05) is 6.54 Å². The van der Waals surface area contributed by atoms with Gasteiger partial charge in [0.2, 0.25) is 12.4 Å². The zero-order chi connectivity index (χ0) is 21.0. The van der Waals surface area contributed by atoms with Crippen molar-refractivity contribution in [2.24, 2.45) is 10.8 Å². The lowest BCUT2D eigenvalue weighted by molar-refractivity contribution is -0.109. The third-order valence-electron chi connectivity index (χ3n) is 3.92. The molecule has 2 heterocycles. The van der Waals surface area contributed by atoms with Crippen LogP contribution in [0.2, 0.25) is 10.0 Å². The number of aromatic nitrogens is 1. The van der Waals surface area contributed by atoms with Crippen molar-refractivity contribution in [1.29, 1.82) is 5.26 Å². The normalized spacial score (nSPS) is 11.2. The highest BCUT2D eigenvalue weighted by atomic mass is 35.5. The van der Waals surface area contributed by atoms with Gasteiger partial charge in [-0.3, -0.25) is 4.79 Å². The Morgan fingerprint density at radius 2 is 2.17 bits per heavy atom. The zero-order valence-electron chi connectivity index (χ0n) is 14.6. The summed E-state index contributed by atoms with van der Waals surface area (Å²) in [7, 11) is 0. The molecule has 0 spiro atoms. The first-order valence-electron chi connectivity index (χ1n) is 8.10. The van der Waals surface area contributed by atoms with E-state index in [-0.39, 0.29) is 12.1 Å². The molecular formula is C19H12Cl2FN5OS. The van der Waals surface area contributed by atoms with E-state index in [0.29, 0.717) is 48.6 Å². The lowest BCUT2D eigenvalue weighted by Gasteiger charge is -2.09. The van der Waals surface area contributed by atoms with E-state index in [1.165, 1.54) is 23.6 Å². The number of hydrogen-bond acceptors (Lipinski definition) is 6. The number of carbonyl (C=O) groups excluding carboxylic acids is 1. The monoisotopic (exact) mass is 447 g/mol. The molecule has 0 atom stereocenters. The highest BCUT2D eigenvalue weighted by Crippen LogP contribution is 2.44. The number of hydrogen-bond donors (Lipinski definition) is 2. The first-order chi connectivity index (χ1) is 14.0. The zero-order valence-corrected chi connectivity index (χ0v) is 16.9. The van der Waals surface area contributed by atoms with Gasteiger partial charge in [0.25, 0.3) is 0 Å². The minimum Gasteiger partial charge on any atom is -0.325 e. The second-order valence-corrected chi connectivity index (χ2v) is 7.49. The van der Waals surface area contributed by atoms with Crippen molar-refractivity contribution in [3.63, 3.8) is 0 Å². The summed E-state index contributed by atoms with van der Waals surface area (Å²) in [4.78, 5) is 15.3. The van der Waals surface area contributed by atoms with Crippen LogP contribution in [-0.2, 0) is 4.79 Å². The van der Waals surface area contributed by atoms with Crippen LogP contribution in [0.4, 0.5) is 4.39 Å². The molecule has 0 saturated carbocycles. The smallest absolute Gasteiger partial charge is 0.227 e. The number of nitrogens with two attached hydrogens (primary N) is 1. The minimum atomic E-state index is -0.678. The fourth-order valence-corrected chi connectivity index (χ4v) is 4.49. The molecule has 29 heavy (non-hydrogen) atoms. The standard InChI is InChI=1S/C19H12Cl2FN5OS/c20-11-1-2-12(14(21)6-11)17-13(7-23)18(10-3-4-25-16(22)5-10)29-19(17)15(8-24)27-26-9-28/h1-6,9H,8,24H2,(H,26,28)/b27-15-. The van der Waals surface area contributed by atoms with Crippen LogP contribution in [0.5, 0.6) is 0 Å². The first-order valence-corrected chi connectivity index (χ1v) is 9.67. The molecule has 1 aromatic carbocycles. The Morgan fingerprint density at radius 1 is 1.38 bits per heavy atom. The largest absolute Gasteiger partial charge is 0.325 e. The van der Waals surface area contributed by atoms with E-state index in [1.807, 2.05) is 0 Å². The van der Waals surface area contributed by atoms with E-state index in [0.717, 1.165) is 0 Å². The van der Waals surface area contributed by atoms with Crippen molar-refractivity contribution < 1.29 is 9.18 Å². The molecule has 2 aromatic heterocycles. The Kier molecular flexibility index (Phi) is 6.56. The predicted molar refractivity (Wildman–Crippen MR) is 112 cm³/mol. The average molecular weight is 448 g/mol. The van der Waals surface area contributed by atoms with Gasteiger partial charge in [-0.1, -0.05) is 29.3 Å². The fourth-order valence-electron chi connectivity index (χ4n) is 2.73. The summed E-state index contributed by atoms with van der Waals surface area (Å²) in [5.41, 5.74) is 10.1. The Labute approximate surface area is 179 Å². The van der Waals surface area contributed by atoms with Crippen LogP contribution in [0.3, 0.4) is 0 Å². The number of halogens is 3. The Bertz CT molecular complexity index is 1160. The molecule has 0 saturated heterocycles. The van der Waals surface area contributed by atoms with E-state index in [2.05, 4.69) is 21.6 Å². The Hall–Kier alpha value is -2.83. The molecule has 0 bridgehead atoms. The summed E-state index contributed by atoms with van der Waals surface area (Å²) in [5.74, 6) is -0.678. The summed E-state index contributed by atoms with van der Waals surface area (Å²) in [6, 6.07) is 9.86. The van der Waals surface area contributed by atoms with Crippen LogP contribution >= 0.6 is 34.5 Å². The van der Waals surface area contributed by atoms with Crippen molar-refractivity contribution in [2.45, 2.75) is 0 Å². The van der Waals surface area contributed by atoms with Gasteiger partial charge in [-0.05, 0) is 23.8 Å². The maximum atomic E-state index is 13.7. The van der Waals surface area contributed by atoms with Gasteiger partial charge in [-0.25, -0.2) is 10.4 Å². The minimum absolute atomic E-state index is 0.0193. The highest BCUT2D eigenvalue weighted by molar-refractivity contribution is 7.18. The van der Waals surface area contributed by atoms with E-state index < -0.39 is 5.95 Å². The summed E-state index contributed by atoms with van der Waals surface area (Å²) in [6.45, 7) is -0.0193. The number of rotatable bonds is 6. The van der Waals surface area contributed by atoms with E-state index in [9.17, 15) is 14.4 Å². The number of nitrogens with zero attached hydrogens (tertiary/aromatic N) is 3. The number of amides is 1. The fraction of sp³-hybridized carbons (Fsp3) is 0.0526. The quantitative estimate of drug-likeness (QED) is 0.255. The van der Waals surface area contributed by atoms with Gasteiger partial charge < -0.3 is 5.73 Å². The molecule has 0 aliphatic heterocycles. The molecular weight excluding hydrogens is 436 g/mol. The molecule has 0 unspecified atom stereocenters. The van der Waals surface area contributed by atoms with E-state index in [1.54, 1.807) is 24.3 Å². The van der Waals surface area contributed by atoms with Gasteiger partial charge in [0, 0.05) is 40.0 Å². The molecule has 1 amide bonds. The van der Waals surface area contributed by atoms with Gasteiger partial charge in [-0.15, -0.1) is 11.3 Å². The third-order valence-corrected chi connectivity index (χ3v) is 5.75. The molecule has 3 aromatic rings. The number of thiophene rings is 1. The SMILES string of the molecule is N#Cc1c(-c2ccnc(F)c2)sc(/C(CN)=N\NC=O)c1-c1ccc(Cl)cc1Cl. The first kappa shape index (κ1) is 20.9. The number of nitriles is 1. The van der Waals surface area contributed by atoms with Crippen LogP contribution in [0.25, 0.3) is 21.6 Å². The Morgan fingerprint density at radius 3 is 2.79 bits per heavy atom. The second kappa shape index (κ2) is 9.11. The summed E-state index contributed by atoms with van der Waals surface area (Å²) >= 11 is 13.6. The van der Waals surface area contributed by atoms with Gasteiger partial charge >= 0.3 is 0 Å². The van der Waals surface area contributed by atoms with Crippen molar-refractivity contribution in [3.8, 4) is 27.6 Å². The van der Waals surface area contributed by atoms with E-state index >= 15 is 0 Å². The average Bonchev–Trinajstić information content (AvgIpc) is 3.08. The van der Waals surface area contributed by atoms with Crippen molar-refractivity contribution in [1.82, 2.24) is 10.4 Å².